The molecule has 2 rings (SSSR count). The standard InChI is InChI=1S/C12H11FN4O4/c1-16-10(18)9(15-17(2)12(16)21)14-6-3-4-7(11(19)20)8(13)5-6/h3-5H,1-2H3,(H,14,15)(H,19,20). The first kappa shape index (κ1) is 14.4. The third-order valence-electron chi connectivity index (χ3n) is 2.78. The molecule has 0 aliphatic heterocycles. The average Bonchev–Trinajstić information content (AvgIpc) is 2.42. The summed E-state index contributed by atoms with van der Waals surface area (Å²) < 4.78 is 15.3. The Bertz CT molecular complexity index is 840. The molecule has 110 valence electrons. The van der Waals surface area contributed by atoms with Crippen molar-refractivity contribution >= 4 is 17.5 Å². The van der Waals surface area contributed by atoms with Gasteiger partial charge in [0.2, 0.25) is 5.82 Å². The number of hydrogen-bond donors (Lipinski definition) is 2. The minimum Gasteiger partial charge on any atom is -0.478 e. The van der Waals surface area contributed by atoms with Gasteiger partial charge in [0.25, 0.3) is 5.56 Å². The average molecular weight is 294 g/mol. The number of carboxylic acids is 1. The molecule has 0 amide bonds. The van der Waals surface area contributed by atoms with E-state index in [0.717, 1.165) is 21.4 Å². The molecule has 1 aromatic heterocycles. The smallest absolute Gasteiger partial charge is 0.346 e. The molecule has 0 saturated heterocycles. The van der Waals surface area contributed by atoms with Gasteiger partial charge in [-0.15, -0.1) is 5.10 Å². The lowest BCUT2D eigenvalue weighted by Gasteiger charge is -2.08. The van der Waals surface area contributed by atoms with Crippen molar-refractivity contribution in [3.63, 3.8) is 0 Å². The Hall–Kier alpha value is -2.97. The van der Waals surface area contributed by atoms with Crippen molar-refractivity contribution in [3.8, 4) is 0 Å². The first-order chi connectivity index (χ1) is 9.81. The maximum atomic E-state index is 13.5. The van der Waals surface area contributed by atoms with E-state index in [1.807, 2.05) is 0 Å². The van der Waals surface area contributed by atoms with E-state index in [4.69, 9.17) is 5.11 Å². The minimum atomic E-state index is -1.39. The molecule has 2 N–H and O–H groups in total. The summed E-state index contributed by atoms with van der Waals surface area (Å²) in [5, 5.41) is 15.0. The number of aromatic carboxylic acids is 1. The van der Waals surface area contributed by atoms with Crippen molar-refractivity contribution in [2.24, 2.45) is 14.1 Å². The van der Waals surface area contributed by atoms with Crippen LogP contribution in [-0.2, 0) is 14.1 Å². The van der Waals surface area contributed by atoms with Crippen LogP contribution in [0.2, 0.25) is 0 Å². The van der Waals surface area contributed by atoms with E-state index < -0.39 is 28.6 Å². The third kappa shape index (κ3) is 2.66. The zero-order valence-electron chi connectivity index (χ0n) is 11.1. The van der Waals surface area contributed by atoms with Gasteiger partial charge in [-0.05, 0) is 18.2 Å². The minimum absolute atomic E-state index is 0.140. The van der Waals surface area contributed by atoms with E-state index in [-0.39, 0.29) is 11.5 Å². The lowest BCUT2D eigenvalue weighted by Crippen LogP contribution is -2.39. The van der Waals surface area contributed by atoms with Gasteiger partial charge in [-0.3, -0.25) is 9.36 Å². The summed E-state index contributed by atoms with van der Waals surface area (Å²) >= 11 is 0. The molecule has 0 unspecified atom stereocenters. The van der Waals surface area contributed by atoms with Gasteiger partial charge in [-0.2, -0.15) is 0 Å². The molecule has 1 heterocycles. The second-order valence-electron chi connectivity index (χ2n) is 4.24. The number of rotatable bonds is 3. The van der Waals surface area contributed by atoms with Crippen LogP contribution in [-0.4, -0.2) is 25.4 Å². The first-order valence-corrected chi connectivity index (χ1v) is 5.75. The molecule has 0 fully saturated rings. The molecule has 0 aliphatic carbocycles. The number of anilines is 2. The predicted octanol–water partition coefficient (Wildman–Crippen LogP) is 0.0599. The van der Waals surface area contributed by atoms with Crippen LogP contribution >= 0.6 is 0 Å². The summed E-state index contributed by atoms with van der Waals surface area (Å²) in [6, 6.07) is 3.28. The molecule has 21 heavy (non-hydrogen) atoms. The van der Waals surface area contributed by atoms with E-state index in [1.54, 1.807) is 0 Å². The Morgan fingerprint density at radius 1 is 1.33 bits per heavy atom. The monoisotopic (exact) mass is 294 g/mol. The van der Waals surface area contributed by atoms with E-state index >= 15 is 0 Å². The van der Waals surface area contributed by atoms with Crippen LogP contribution in [0.4, 0.5) is 15.9 Å². The molecule has 0 radical (unpaired) electrons. The zero-order valence-corrected chi connectivity index (χ0v) is 11.1. The van der Waals surface area contributed by atoms with Crippen molar-refractivity contribution in [1.82, 2.24) is 14.3 Å². The Labute approximate surface area is 117 Å². The maximum absolute atomic E-state index is 13.5. The summed E-state index contributed by atoms with van der Waals surface area (Å²) in [5.41, 5.74) is -1.62. The van der Waals surface area contributed by atoms with Gasteiger partial charge < -0.3 is 10.4 Å². The second-order valence-corrected chi connectivity index (χ2v) is 4.24. The third-order valence-corrected chi connectivity index (χ3v) is 2.78. The summed E-state index contributed by atoms with van der Waals surface area (Å²) in [6.45, 7) is 0. The summed E-state index contributed by atoms with van der Waals surface area (Å²) in [5.74, 6) is -2.52. The molecule has 0 bridgehead atoms. The zero-order chi connectivity index (χ0) is 15.7. The highest BCUT2D eigenvalue weighted by atomic mass is 19.1. The van der Waals surface area contributed by atoms with Crippen LogP contribution < -0.4 is 16.6 Å². The van der Waals surface area contributed by atoms with Crippen molar-refractivity contribution in [2.45, 2.75) is 0 Å². The Balaban J connectivity index is 2.44. The van der Waals surface area contributed by atoms with E-state index in [2.05, 4.69) is 10.4 Å². The number of carbonyl (C=O) groups is 1. The lowest BCUT2D eigenvalue weighted by atomic mass is 10.2. The van der Waals surface area contributed by atoms with Crippen LogP contribution in [0, 0.1) is 5.82 Å². The number of aromatic nitrogens is 3. The summed E-state index contributed by atoms with van der Waals surface area (Å²) in [4.78, 5) is 34.0. The van der Waals surface area contributed by atoms with Gasteiger partial charge in [0.1, 0.15) is 5.82 Å². The highest BCUT2D eigenvalue weighted by Crippen LogP contribution is 2.16. The number of hydrogen-bond acceptors (Lipinski definition) is 5. The van der Waals surface area contributed by atoms with Gasteiger partial charge in [-0.25, -0.2) is 18.7 Å². The second kappa shape index (κ2) is 5.19. The molecule has 0 spiro atoms. The number of aryl methyl sites for hydroxylation is 1. The molecular weight excluding hydrogens is 283 g/mol. The van der Waals surface area contributed by atoms with E-state index in [1.165, 1.54) is 20.2 Å². The van der Waals surface area contributed by atoms with Crippen molar-refractivity contribution in [3.05, 3.63) is 50.4 Å². The predicted molar refractivity (Wildman–Crippen MR) is 71.4 cm³/mol. The largest absolute Gasteiger partial charge is 0.478 e. The maximum Gasteiger partial charge on any atom is 0.346 e. The fraction of sp³-hybridized carbons (Fsp3) is 0.167. The van der Waals surface area contributed by atoms with Gasteiger partial charge in [0.05, 0.1) is 5.56 Å². The van der Waals surface area contributed by atoms with E-state index in [0.29, 0.717) is 0 Å². The van der Waals surface area contributed by atoms with Crippen molar-refractivity contribution < 1.29 is 14.3 Å². The van der Waals surface area contributed by atoms with Crippen molar-refractivity contribution in [2.75, 3.05) is 5.32 Å². The number of halogens is 1. The van der Waals surface area contributed by atoms with Crippen LogP contribution in [0.25, 0.3) is 0 Å². The van der Waals surface area contributed by atoms with Crippen molar-refractivity contribution in [1.29, 1.82) is 0 Å². The lowest BCUT2D eigenvalue weighted by molar-refractivity contribution is 0.0692. The van der Waals surface area contributed by atoms with Crippen LogP contribution in [0.5, 0.6) is 0 Å². The molecule has 0 aliphatic rings. The van der Waals surface area contributed by atoms with Gasteiger partial charge in [0, 0.05) is 19.8 Å². The molecular formula is C12H11FN4O4. The van der Waals surface area contributed by atoms with Gasteiger partial charge >= 0.3 is 11.7 Å². The summed E-state index contributed by atoms with van der Waals surface area (Å²) in [7, 11) is 2.65. The topological polar surface area (TPSA) is 106 Å². The van der Waals surface area contributed by atoms with Crippen LogP contribution in [0.1, 0.15) is 10.4 Å². The SMILES string of the molecule is Cn1nc(Nc2ccc(C(=O)O)c(F)c2)c(=O)n(C)c1=O. The first-order valence-electron chi connectivity index (χ1n) is 5.75. The highest BCUT2D eigenvalue weighted by Gasteiger charge is 2.13. The fourth-order valence-electron chi connectivity index (χ4n) is 1.68. The molecule has 9 heteroatoms. The van der Waals surface area contributed by atoms with Crippen LogP contribution in [0.3, 0.4) is 0 Å². The van der Waals surface area contributed by atoms with Gasteiger partial charge in [-0.1, -0.05) is 0 Å². The number of nitrogens with one attached hydrogen (secondary N) is 1. The fourth-order valence-corrected chi connectivity index (χ4v) is 1.68. The number of carboxylic acid groups (broad SMARTS) is 1. The Morgan fingerprint density at radius 3 is 2.57 bits per heavy atom. The van der Waals surface area contributed by atoms with Crippen LogP contribution in [0.15, 0.2) is 27.8 Å². The Kier molecular flexibility index (Phi) is 3.57. The molecule has 1 aromatic carbocycles. The summed E-state index contributed by atoms with van der Waals surface area (Å²) in [6.07, 6.45) is 0. The van der Waals surface area contributed by atoms with E-state index in [9.17, 15) is 18.8 Å². The Morgan fingerprint density at radius 2 is 2.00 bits per heavy atom. The molecule has 0 atom stereocenters. The highest BCUT2D eigenvalue weighted by molar-refractivity contribution is 5.88. The van der Waals surface area contributed by atoms with Gasteiger partial charge in [0.15, 0.2) is 0 Å². The quantitative estimate of drug-likeness (QED) is 0.829. The number of benzene rings is 1. The molecule has 0 saturated carbocycles. The molecule has 2 aromatic rings. The normalized spacial score (nSPS) is 10.4. The molecule has 8 nitrogen and oxygen atoms in total. The number of nitrogens with zero attached hydrogens (tertiary/aromatic N) is 3.